The van der Waals surface area contributed by atoms with E-state index in [1.807, 2.05) is 49.1 Å². The Hall–Kier alpha value is -3.99. The number of hydrogen-bond donors (Lipinski definition) is 2. The number of carbonyl (C=O) groups is 1. The number of hydrogen-bond acceptors (Lipinski definition) is 6. The van der Waals surface area contributed by atoms with Gasteiger partial charge in [-0.3, -0.25) is 10.1 Å². The zero-order valence-corrected chi connectivity index (χ0v) is 20.6. The SMILES string of the molecule is COc1ccccc1NC(=S)/N=C(/Nc1nc(C)cc(C)n1)N1CCN(C(=O)c2ccco2)CC1. The molecule has 2 aromatic heterocycles. The molecule has 3 heterocycles. The minimum atomic E-state index is -0.132. The van der Waals surface area contributed by atoms with Crippen molar-refractivity contribution in [2.45, 2.75) is 13.8 Å². The maximum atomic E-state index is 12.6. The summed E-state index contributed by atoms with van der Waals surface area (Å²) < 4.78 is 10.7. The fourth-order valence-electron chi connectivity index (χ4n) is 3.72. The van der Waals surface area contributed by atoms with Gasteiger partial charge in [-0.2, -0.15) is 4.99 Å². The van der Waals surface area contributed by atoms with E-state index in [0.29, 0.717) is 55.3 Å². The lowest BCUT2D eigenvalue weighted by molar-refractivity contribution is 0.0660. The van der Waals surface area contributed by atoms with Crippen LogP contribution in [0.4, 0.5) is 11.6 Å². The molecule has 35 heavy (non-hydrogen) atoms. The molecule has 1 aliphatic rings. The molecule has 1 amide bonds. The molecule has 2 N–H and O–H groups in total. The van der Waals surface area contributed by atoms with Gasteiger partial charge in [-0.25, -0.2) is 9.97 Å². The number of guanidine groups is 1. The number of rotatable bonds is 4. The van der Waals surface area contributed by atoms with Crippen molar-refractivity contribution in [1.29, 1.82) is 0 Å². The highest BCUT2D eigenvalue weighted by atomic mass is 32.1. The highest BCUT2D eigenvalue weighted by Gasteiger charge is 2.26. The van der Waals surface area contributed by atoms with Crippen molar-refractivity contribution in [2.75, 3.05) is 43.9 Å². The van der Waals surface area contributed by atoms with Crippen molar-refractivity contribution in [1.82, 2.24) is 19.8 Å². The number of carbonyl (C=O) groups excluding carboxylic acids is 1. The molecule has 1 aromatic carbocycles. The summed E-state index contributed by atoms with van der Waals surface area (Å²) in [5, 5.41) is 6.59. The summed E-state index contributed by atoms with van der Waals surface area (Å²) in [5.74, 6) is 1.77. The smallest absolute Gasteiger partial charge is 0.289 e. The molecular weight excluding hydrogens is 466 g/mol. The summed E-state index contributed by atoms with van der Waals surface area (Å²) in [6.45, 7) is 5.90. The van der Waals surface area contributed by atoms with Crippen molar-refractivity contribution < 1.29 is 13.9 Å². The van der Waals surface area contributed by atoms with Gasteiger partial charge in [-0.1, -0.05) is 12.1 Å². The summed E-state index contributed by atoms with van der Waals surface area (Å²) in [5.41, 5.74) is 2.38. The number of amides is 1. The molecule has 0 bridgehead atoms. The van der Waals surface area contributed by atoms with Crippen LogP contribution in [-0.2, 0) is 0 Å². The lowest BCUT2D eigenvalue weighted by atomic mass is 10.3. The molecule has 4 rings (SSSR count). The van der Waals surface area contributed by atoms with E-state index in [0.717, 1.165) is 11.4 Å². The molecule has 0 spiro atoms. The number of piperazine rings is 1. The normalized spacial score (nSPS) is 14.0. The van der Waals surface area contributed by atoms with E-state index < -0.39 is 0 Å². The molecule has 0 atom stereocenters. The molecule has 0 radical (unpaired) electrons. The van der Waals surface area contributed by atoms with Crippen LogP contribution < -0.4 is 15.4 Å². The van der Waals surface area contributed by atoms with Gasteiger partial charge >= 0.3 is 0 Å². The van der Waals surface area contributed by atoms with Crippen LogP contribution in [0.25, 0.3) is 0 Å². The van der Waals surface area contributed by atoms with Gasteiger partial charge in [0.15, 0.2) is 5.76 Å². The predicted molar refractivity (Wildman–Crippen MR) is 138 cm³/mol. The van der Waals surface area contributed by atoms with Crippen molar-refractivity contribution in [3.8, 4) is 5.75 Å². The molecule has 1 aliphatic heterocycles. The van der Waals surface area contributed by atoms with Crippen LogP contribution in [0.1, 0.15) is 21.9 Å². The first-order valence-corrected chi connectivity index (χ1v) is 11.5. The first-order valence-electron chi connectivity index (χ1n) is 11.1. The number of nitrogens with one attached hydrogen (secondary N) is 2. The molecule has 182 valence electrons. The largest absolute Gasteiger partial charge is 0.495 e. The summed E-state index contributed by atoms with van der Waals surface area (Å²) in [6, 6.07) is 12.7. The van der Waals surface area contributed by atoms with E-state index in [1.165, 1.54) is 6.26 Å². The van der Waals surface area contributed by atoms with E-state index in [1.54, 1.807) is 24.1 Å². The lowest BCUT2D eigenvalue weighted by Gasteiger charge is -2.36. The molecule has 0 saturated carbocycles. The van der Waals surface area contributed by atoms with Gasteiger partial charge < -0.3 is 24.3 Å². The number of aliphatic imine (C=N–C) groups is 1. The summed E-state index contributed by atoms with van der Waals surface area (Å²) in [4.78, 5) is 30.0. The fraction of sp³-hybridized carbons (Fsp3) is 0.292. The van der Waals surface area contributed by atoms with Crippen molar-refractivity contribution in [3.05, 3.63) is 65.9 Å². The number of methoxy groups -OCH3 is 1. The third kappa shape index (κ3) is 6.12. The zero-order chi connectivity index (χ0) is 24.8. The second-order valence-electron chi connectivity index (χ2n) is 7.92. The number of ether oxygens (including phenoxy) is 1. The highest BCUT2D eigenvalue weighted by molar-refractivity contribution is 7.80. The third-order valence-corrected chi connectivity index (χ3v) is 5.55. The Labute approximate surface area is 209 Å². The van der Waals surface area contributed by atoms with E-state index in [4.69, 9.17) is 21.4 Å². The van der Waals surface area contributed by atoms with Gasteiger partial charge in [0, 0.05) is 37.6 Å². The second kappa shape index (κ2) is 11.0. The molecule has 0 aliphatic carbocycles. The number of thiocarbonyl (C=S) groups is 1. The van der Waals surface area contributed by atoms with Crippen LogP contribution in [0.5, 0.6) is 5.75 Å². The predicted octanol–water partition coefficient (Wildman–Crippen LogP) is 3.32. The average Bonchev–Trinajstić information content (AvgIpc) is 3.38. The number of para-hydroxylation sites is 2. The van der Waals surface area contributed by atoms with E-state index in [2.05, 4.69) is 25.6 Å². The third-order valence-electron chi connectivity index (χ3n) is 5.36. The first kappa shape index (κ1) is 24.1. The zero-order valence-electron chi connectivity index (χ0n) is 19.8. The van der Waals surface area contributed by atoms with Crippen LogP contribution >= 0.6 is 12.2 Å². The van der Waals surface area contributed by atoms with Gasteiger partial charge in [-0.15, -0.1) is 0 Å². The van der Waals surface area contributed by atoms with Crippen LogP contribution in [0.2, 0.25) is 0 Å². The van der Waals surface area contributed by atoms with Gasteiger partial charge in [-0.05, 0) is 56.4 Å². The number of aromatic nitrogens is 2. The van der Waals surface area contributed by atoms with Crippen LogP contribution in [0.3, 0.4) is 0 Å². The van der Waals surface area contributed by atoms with Crippen molar-refractivity contribution in [2.24, 2.45) is 4.99 Å². The topological polar surface area (TPSA) is 108 Å². The minimum absolute atomic E-state index is 0.132. The summed E-state index contributed by atoms with van der Waals surface area (Å²) in [7, 11) is 1.60. The second-order valence-corrected chi connectivity index (χ2v) is 8.31. The first-order chi connectivity index (χ1) is 16.9. The molecule has 10 nitrogen and oxygen atoms in total. The molecule has 0 unspecified atom stereocenters. The van der Waals surface area contributed by atoms with E-state index in [-0.39, 0.29) is 11.0 Å². The lowest BCUT2D eigenvalue weighted by Crippen LogP contribution is -2.52. The standard InChI is InChI=1S/C24H27N7O3S/c1-16-15-17(2)26-22(25-16)28-23(29-24(35)27-18-7-4-5-8-19(18)33-3)31-12-10-30(11-13-31)21(32)20-9-6-14-34-20/h4-9,14-15H,10-13H2,1-3H3,(H2,25,26,27,28,29,35). The Bertz CT molecular complexity index is 1200. The summed E-state index contributed by atoms with van der Waals surface area (Å²) in [6.07, 6.45) is 1.50. The number of furan rings is 1. The van der Waals surface area contributed by atoms with Gasteiger partial charge in [0.05, 0.1) is 19.1 Å². The van der Waals surface area contributed by atoms with Crippen molar-refractivity contribution >= 4 is 40.8 Å². The molecule has 1 saturated heterocycles. The van der Waals surface area contributed by atoms with E-state index >= 15 is 0 Å². The molecule has 1 fully saturated rings. The van der Waals surface area contributed by atoms with Gasteiger partial charge in [0.1, 0.15) is 5.75 Å². The number of benzene rings is 1. The number of nitrogens with zero attached hydrogens (tertiary/aromatic N) is 5. The quantitative estimate of drug-likeness (QED) is 0.321. The Balaban J connectivity index is 1.53. The minimum Gasteiger partial charge on any atom is -0.495 e. The molecule has 11 heteroatoms. The Morgan fingerprint density at radius 1 is 1.03 bits per heavy atom. The maximum Gasteiger partial charge on any atom is 0.289 e. The molecule has 3 aromatic rings. The average molecular weight is 494 g/mol. The monoisotopic (exact) mass is 493 g/mol. The van der Waals surface area contributed by atoms with Gasteiger partial charge in [0.2, 0.25) is 17.0 Å². The molecular formula is C24H27N7O3S. The highest BCUT2D eigenvalue weighted by Crippen LogP contribution is 2.23. The van der Waals surface area contributed by atoms with E-state index in [9.17, 15) is 4.79 Å². The van der Waals surface area contributed by atoms with Gasteiger partial charge in [0.25, 0.3) is 5.91 Å². The van der Waals surface area contributed by atoms with Crippen LogP contribution in [0.15, 0.2) is 58.1 Å². The Morgan fingerprint density at radius 3 is 2.37 bits per heavy atom. The fourth-order valence-corrected chi connectivity index (χ4v) is 3.92. The Morgan fingerprint density at radius 2 is 1.71 bits per heavy atom. The maximum absolute atomic E-state index is 12.6. The van der Waals surface area contributed by atoms with Crippen molar-refractivity contribution in [3.63, 3.8) is 0 Å². The Kier molecular flexibility index (Phi) is 7.56. The number of aryl methyl sites for hydroxylation is 2. The number of anilines is 2. The van der Waals surface area contributed by atoms with Crippen LogP contribution in [-0.4, -0.2) is 70.0 Å². The van der Waals surface area contributed by atoms with Crippen LogP contribution in [0, 0.1) is 13.8 Å². The summed E-state index contributed by atoms with van der Waals surface area (Å²) >= 11 is 5.54.